The first kappa shape index (κ1) is 15.0. The molecule has 2 saturated carbocycles. The van der Waals surface area contributed by atoms with Crippen LogP contribution in [0.2, 0.25) is 0 Å². The van der Waals surface area contributed by atoms with Gasteiger partial charge >= 0.3 is 0 Å². The Hall–Kier alpha value is -1.95. The largest absolute Gasteiger partial charge is 0.396 e. The Morgan fingerprint density at radius 2 is 1.95 bits per heavy atom. The van der Waals surface area contributed by atoms with Crippen LogP contribution in [0.3, 0.4) is 0 Å². The van der Waals surface area contributed by atoms with Crippen LogP contribution in [0.4, 0.5) is 5.69 Å². The maximum Gasteiger partial charge on any atom is 0.269 e. The molecular weight excluding hydrogens is 284 g/mol. The topological polar surface area (TPSA) is 92.5 Å². The average molecular weight is 304 g/mol. The number of nitro benzene ring substituents is 1. The summed E-state index contributed by atoms with van der Waals surface area (Å²) in [6.45, 7) is 0.129. The highest BCUT2D eigenvalue weighted by atomic mass is 16.6. The standard InChI is InChI=1S/C16H20N2O4/c19-9-14-11-3-4-12(8-11)16(14)17-15(20)7-10-1-5-13(6-2-10)18(21)22/h1-2,5-6,11-12,14,16,19H,3-4,7-9H2,(H,17,20). The van der Waals surface area contributed by atoms with Crippen molar-refractivity contribution >= 4 is 11.6 Å². The molecule has 1 aromatic rings. The molecule has 0 spiro atoms. The van der Waals surface area contributed by atoms with Crippen molar-refractivity contribution in [3.05, 3.63) is 39.9 Å². The van der Waals surface area contributed by atoms with E-state index in [4.69, 9.17) is 0 Å². The van der Waals surface area contributed by atoms with E-state index in [1.54, 1.807) is 12.1 Å². The molecule has 0 radical (unpaired) electrons. The third-order valence-electron chi connectivity index (χ3n) is 5.14. The fraction of sp³-hybridized carbons (Fsp3) is 0.562. The summed E-state index contributed by atoms with van der Waals surface area (Å²) >= 11 is 0. The number of benzene rings is 1. The third kappa shape index (κ3) is 2.83. The van der Waals surface area contributed by atoms with Gasteiger partial charge in [0, 0.05) is 30.7 Å². The molecule has 1 amide bonds. The van der Waals surface area contributed by atoms with Crippen molar-refractivity contribution < 1.29 is 14.8 Å². The SMILES string of the molecule is O=C(Cc1ccc([N+](=O)[O-])cc1)NC1C2CCC(C2)C1CO. The van der Waals surface area contributed by atoms with Crippen LogP contribution in [0.1, 0.15) is 24.8 Å². The first-order chi connectivity index (χ1) is 10.6. The second kappa shape index (κ2) is 6.04. The minimum Gasteiger partial charge on any atom is -0.396 e. The Kier molecular flexibility index (Phi) is 4.11. The maximum absolute atomic E-state index is 12.2. The number of rotatable bonds is 5. The van der Waals surface area contributed by atoms with Gasteiger partial charge in [-0.1, -0.05) is 12.1 Å². The predicted octanol–water partition coefficient (Wildman–Crippen LogP) is 1.66. The van der Waals surface area contributed by atoms with E-state index in [1.165, 1.54) is 12.1 Å². The summed E-state index contributed by atoms with van der Waals surface area (Å²) < 4.78 is 0. The number of non-ortho nitro benzene ring substituents is 1. The summed E-state index contributed by atoms with van der Waals surface area (Å²) in [6, 6.07) is 6.13. The van der Waals surface area contributed by atoms with Gasteiger partial charge in [0.05, 0.1) is 11.3 Å². The number of carbonyl (C=O) groups is 1. The fourth-order valence-corrected chi connectivity index (χ4v) is 4.06. The van der Waals surface area contributed by atoms with Gasteiger partial charge < -0.3 is 10.4 Å². The van der Waals surface area contributed by atoms with E-state index in [2.05, 4.69) is 5.32 Å². The van der Waals surface area contributed by atoms with Crippen LogP contribution >= 0.6 is 0 Å². The third-order valence-corrected chi connectivity index (χ3v) is 5.14. The molecule has 0 saturated heterocycles. The summed E-state index contributed by atoms with van der Waals surface area (Å²) in [5, 5.41) is 23.2. The van der Waals surface area contributed by atoms with Crippen LogP contribution in [0.25, 0.3) is 0 Å². The Bertz CT molecular complexity index is 572. The molecule has 2 aliphatic carbocycles. The van der Waals surface area contributed by atoms with Crippen molar-refractivity contribution in [3.63, 3.8) is 0 Å². The van der Waals surface area contributed by atoms with Gasteiger partial charge in [0.2, 0.25) is 5.91 Å². The van der Waals surface area contributed by atoms with Crippen LogP contribution in [0.5, 0.6) is 0 Å². The number of aliphatic hydroxyl groups excluding tert-OH is 1. The number of hydrogen-bond acceptors (Lipinski definition) is 4. The average Bonchev–Trinajstić information content (AvgIpc) is 3.08. The molecule has 2 aliphatic rings. The number of nitrogens with one attached hydrogen (secondary N) is 1. The van der Waals surface area contributed by atoms with Crippen molar-refractivity contribution in [1.82, 2.24) is 5.32 Å². The zero-order chi connectivity index (χ0) is 15.7. The Morgan fingerprint density at radius 3 is 2.59 bits per heavy atom. The van der Waals surface area contributed by atoms with E-state index >= 15 is 0 Å². The minimum atomic E-state index is -0.453. The molecular formula is C16H20N2O4. The number of hydrogen-bond donors (Lipinski definition) is 2. The monoisotopic (exact) mass is 304 g/mol. The summed E-state index contributed by atoms with van der Waals surface area (Å²) in [5.74, 6) is 1.13. The maximum atomic E-state index is 12.2. The molecule has 0 aliphatic heterocycles. The first-order valence-electron chi connectivity index (χ1n) is 7.72. The molecule has 4 unspecified atom stereocenters. The summed E-state index contributed by atoms with van der Waals surface area (Å²) in [4.78, 5) is 22.4. The second-order valence-electron chi connectivity index (χ2n) is 6.37. The molecule has 2 fully saturated rings. The summed E-state index contributed by atoms with van der Waals surface area (Å²) in [7, 11) is 0. The number of carbonyl (C=O) groups excluding carboxylic acids is 1. The van der Waals surface area contributed by atoms with Gasteiger partial charge in [0.15, 0.2) is 0 Å². The van der Waals surface area contributed by atoms with E-state index in [0.29, 0.717) is 11.8 Å². The Balaban J connectivity index is 1.59. The van der Waals surface area contributed by atoms with Crippen molar-refractivity contribution in [1.29, 1.82) is 0 Å². The Morgan fingerprint density at radius 1 is 1.27 bits per heavy atom. The zero-order valence-electron chi connectivity index (χ0n) is 12.3. The van der Waals surface area contributed by atoms with E-state index in [0.717, 1.165) is 24.8 Å². The second-order valence-corrected chi connectivity index (χ2v) is 6.37. The number of nitrogens with zero attached hydrogens (tertiary/aromatic N) is 1. The minimum absolute atomic E-state index is 0.0256. The zero-order valence-corrected chi connectivity index (χ0v) is 12.3. The lowest BCUT2D eigenvalue weighted by molar-refractivity contribution is -0.384. The van der Waals surface area contributed by atoms with Crippen LogP contribution < -0.4 is 5.32 Å². The predicted molar refractivity (Wildman–Crippen MR) is 80.1 cm³/mol. The highest BCUT2D eigenvalue weighted by Gasteiger charge is 2.47. The van der Waals surface area contributed by atoms with Gasteiger partial charge in [0.25, 0.3) is 5.69 Å². The number of fused-ring (bicyclic) bond motifs is 2. The van der Waals surface area contributed by atoms with Crippen molar-refractivity contribution in [2.45, 2.75) is 31.7 Å². The van der Waals surface area contributed by atoms with E-state index < -0.39 is 4.92 Å². The molecule has 2 bridgehead atoms. The van der Waals surface area contributed by atoms with E-state index in [-0.39, 0.29) is 36.6 Å². The van der Waals surface area contributed by atoms with Gasteiger partial charge in [0.1, 0.15) is 0 Å². The normalized spacial score (nSPS) is 29.5. The summed E-state index contributed by atoms with van der Waals surface area (Å²) in [6.07, 6.45) is 3.60. The first-order valence-corrected chi connectivity index (χ1v) is 7.72. The Labute approximate surface area is 128 Å². The molecule has 22 heavy (non-hydrogen) atoms. The lowest BCUT2D eigenvalue weighted by Gasteiger charge is -2.30. The molecule has 118 valence electrons. The lowest BCUT2D eigenvalue weighted by atomic mass is 9.85. The van der Waals surface area contributed by atoms with Gasteiger partial charge in [-0.2, -0.15) is 0 Å². The van der Waals surface area contributed by atoms with Gasteiger partial charge in [-0.15, -0.1) is 0 Å². The van der Waals surface area contributed by atoms with E-state index in [9.17, 15) is 20.0 Å². The summed E-state index contributed by atoms with van der Waals surface area (Å²) in [5.41, 5.74) is 0.782. The van der Waals surface area contributed by atoms with Gasteiger partial charge in [-0.3, -0.25) is 14.9 Å². The van der Waals surface area contributed by atoms with Gasteiger partial charge in [-0.25, -0.2) is 0 Å². The molecule has 2 N–H and O–H groups in total. The van der Waals surface area contributed by atoms with Crippen molar-refractivity contribution in [2.24, 2.45) is 17.8 Å². The highest BCUT2D eigenvalue weighted by molar-refractivity contribution is 5.79. The number of nitro groups is 1. The highest BCUT2D eigenvalue weighted by Crippen LogP contribution is 2.48. The molecule has 6 nitrogen and oxygen atoms in total. The quantitative estimate of drug-likeness (QED) is 0.639. The van der Waals surface area contributed by atoms with E-state index in [1.807, 2.05) is 0 Å². The molecule has 4 atom stereocenters. The number of amides is 1. The molecule has 6 heteroatoms. The van der Waals surface area contributed by atoms with Crippen LogP contribution in [0, 0.1) is 27.9 Å². The molecule has 1 aromatic carbocycles. The molecule has 0 aromatic heterocycles. The van der Waals surface area contributed by atoms with Crippen LogP contribution in [0.15, 0.2) is 24.3 Å². The number of aliphatic hydroxyl groups is 1. The van der Waals surface area contributed by atoms with Crippen molar-refractivity contribution in [3.8, 4) is 0 Å². The van der Waals surface area contributed by atoms with Gasteiger partial charge in [-0.05, 0) is 36.7 Å². The lowest BCUT2D eigenvalue weighted by Crippen LogP contribution is -2.45. The molecule has 3 rings (SSSR count). The molecule has 0 heterocycles. The van der Waals surface area contributed by atoms with Crippen LogP contribution in [-0.4, -0.2) is 28.6 Å². The fourth-order valence-electron chi connectivity index (χ4n) is 4.06. The smallest absolute Gasteiger partial charge is 0.269 e. The van der Waals surface area contributed by atoms with Crippen molar-refractivity contribution in [2.75, 3.05) is 6.61 Å². The van der Waals surface area contributed by atoms with Crippen LogP contribution in [-0.2, 0) is 11.2 Å².